The lowest BCUT2D eigenvalue weighted by molar-refractivity contribution is 0.0255. The molecule has 1 fully saturated rings. The number of hydrogen-bond donors (Lipinski definition) is 2. The van der Waals surface area contributed by atoms with Gasteiger partial charge in [0.25, 0.3) is 0 Å². The molecule has 0 saturated carbocycles. The van der Waals surface area contributed by atoms with Crippen LogP contribution in [0.1, 0.15) is 12.5 Å². The van der Waals surface area contributed by atoms with Gasteiger partial charge in [-0.1, -0.05) is 0 Å². The van der Waals surface area contributed by atoms with Crippen molar-refractivity contribution in [1.29, 1.82) is 0 Å². The minimum Gasteiger partial charge on any atom is -0.465 e. The van der Waals surface area contributed by atoms with Gasteiger partial charge in [-0.05, 0) is 22.4 Å². The zero-order valence-corrected chi connectivity index (χ0v) is 10.0. The molecule has 2 atom stereocenters. The Labute approximate surface area is 101 Å². The summed E-state index contributed by atoms with van der Waals surface area (Å²) in [6.45, 7) is 0.562. The van der Waals surface area contributed by atoms with Crippen molar-refractivity contribution in [2.45, 2.75) is 18.6 Å². The average molecular weight is 290 g/mol. The van der Waals surface area contributed by atoms with Crippen LogP contribution in [0.25, 0.3) is 0 Å². The third-order valence-corrected chi connectivity index (χ3v) is 3.14. The zero-order chi connectivity index (χ0) is 11.7. The monoisotopic (exact) mass is 289 g/mol. The van der Waals surface area contributed by atoms with Crippen LogP contribution in [0.2, 0.25) is 0 Å². The van der Waals surface area contributed by atoms with E-state index in [4.69, 9.17) is 5.11 Å². The Morgan fingerprint density at radius 1 is 1.62 bits per heavy atom. The minimum absolute atomic E-state index is 0.136. The van der Waals surface area contributed by atoms with Crippen molar-refractivity contribution in [1.82, 2.24) is 14.7 Å². The van der Waals surface area contributed by atoms with Crippen molar-refractivity contribution in [2.24, 2.45) is 0 Å². The van der Waals surface area contributed by atoms with E-state index in [1.807, 2.05) is 0 Å². The van der Waals surface area contributed by atoms with Crippen molar-refractivity contribution in [3.8, 4) is 0 Å². The highest BCUT2D eigenvalue weighted by Gasteiger charge is 2.31. The third kappa shape index (κ3) is 2.19. The van der Waals surface area contributed by atoms with E-state index in [0.29, 0.717) is 13.0 Å². The highest BCUT2D eigenvalue weighted by molar-refractivity contribution is 9.10. The summed E-state index contributed by atoms with van der Waals surface area (Å²) in [6, 6.07) is -0.151. The number of hydrogen-bond acceptors (Lipinski definition) is 3. The highest BCUT2D eigenvalue weighted by Crippen LogP contribution is 2.23. The Morgan fingerprint density at radius 3 is 2.88 bits per heavy atom. The molecule has 0 unspecified atom stereocenters. The van der Waals surface area contributed by atoms with Gasteiger partial charge in [-0.15, -0.1) is 0 Å². The first-order chi connectivity index (χ1) is 7.58. The summed E-state index contributed by atoms with van der Waals surface area (Å²) in [6.07, 6.45) is 2.30. The van der Waals surface area contributed by atoms with Gasteiger partial charge < -0.3 is 15.1 Å². The second-order valence-electron chi connectivity index (χ2n) is 3.79. The molecule has 16 heavy (non-hydrogen) atoms. The molecule has 1 aliphatic heterocycles. The van der Waals surface area contributed by atoms with E-state index in [1.54, 1.807) is 17.1 Å². The first-order valence-corrected chi connectivity index (χ1v) is 5.73. The lowest BCUT2D eigenvalue weighted by Gasteiger charge is -2.34. The number of rotatable bonds is 1. The molecule has 1 aromatic heterocycles. The van der Waals surface area contributed by atoms with E-state index >= 15 is 0 Å². The van der Waals surface area contributed by atoms with Gasteiger partial charge in [-0.3, -0.25) is 4.68 Å². The number of carboxylic acid groups (broad SMARTS) is 1. The maximum atomic E-state index is 10.7. The number of carbonyl (C=O) groups is 1. The highest BCUT2D eigenvalue weighted by atomic mass is 79.9. The van der Waals surface area contributed by atoms with Gasteiger partial charge in [-0.25, -0.2) is 4.79 Å². The van der Waals surface area contributed by atoms with Gasteiger partial charge in [-0.2, -0.15) is 5.10 Å². The maximum Gasteiger partial charge on any atom is 0.407 e. The van der Waals surface area contributed by atoms with E-state index < -0.39 is 12.2 Å². The van der Waals surface area contributed by atoms with Crippen molar-refractivity contribution in [2.75, 3.05) is 13.1 Å². The molecule has 0 aromatic carbocycles. The Kier molecular flexibility index (Phi) is 3.15. The van der Waals surface area contributed by atoms with Crippen LogP contribution < -0.4 is 0 Å². The van der Waals surface area contributed by atoms with Gasteiger partial charge in [0.15, 0.2) is 0 Å². The van der Waals surface area contributed by atoms with Gasteiger partial charge in [0, 0.05) is 12.7 Å². The number of likely N-dealkylation sites (tertiary alicyclic amines) is 1. The molecular weight excluding hydrogens is 278 g/mol. The van der Waals surface area contributed by atoms with Crippen molar-refractivity contribution in [3.05, 3.63) is 16.9 Å². The quantitative estimate of drug-likeness (QED) is 0.806. The van der Waals surface area contributed by atoms with E-state index in [-0.39, 0.29) is 12.6 Å². The zero-order valence-electron chi connectivity index (χ0n) is 8.45. The first-order valence-electron chi connectivity index (χ1n) is 4.93. The summed E-state index contributed by atoms with van der Waals surface area (Å²) in [5, 5.41) is 22.8. The number of aromatic nitrogens is 2. The average Bonchev–Trinajstić information content (AvgIpc) is 2.64. The molecule has 1 aliphatic rings. The summed E-state index contributed by atoms with van der Waals surface area (Å²) in [7, 11) is 0. The van der Waals surface area contributed by atoms with E-state index in [2.05, 4.69) is 21.0 Å². The van der Waals surface area contributed by atoms with Crippen molar-refractivity contribution >= 4 is 22.0 Å². The van der Waals surface area contributed by atoms with Crippen LogP contribution in [-0.2, 0) is 0 Å². The van der Waals surface area contributed by atoms with Gasteiger partial charge in [0.05, 0.1) is 29.4 Å². The summed E-state index contributed by atoms with van der Waals surface area (Å²) >= 11 is 3.28. The van der Waals surface area contributed by atoms with Gasteiger partial charge >= 0.3 is 6.09 Å². The van der Waals surface area contributed by atoms with Crippen LogP contribution >= 0.6 is 15.9 Å². The molecular formula is C9H12BrN3O3. The van der Waals surface area contributed by atoms with E-state index in [1.165, 1.54) is 4.90 Å². The predicted octanol–water partition coefficient (Wildman–Crippen LogP) is 0.931. The molecule has 1 saturated heterocycles. The topological polar surface area (TPSA) is 78.6 Å². The molecule has 88 valence electrons. The van der Waals surface area contributed by atoms with Gasteiger partial charge in [0.1, 0.15) is 0 Å². The normalized spacial score (nSPS) is 25.8. The molecule has 2 rings (SSSR count). The van der Waals surface area contributed by atoms with Crippen molar-refractivity contribution < 1.29 is 15.0 Å². The Morgan fingerprint density at radius 2 is 2.38 bits per heavy atom. The number of aliphatic hydroxyl groups is 1. The van der Waals surface area contributed by atoms with Crippen LogP contribution in [-0.4, -0.2) is 50.2 Å². The second-order valence-corrected chi connectivity index (χ2v) is 4.71. The Balaban J connectivity index is 2.07. The van der Waals surface area contributed by atoms with Crippen LogP contribution in [0.15, 0.2) is 16.9 Å². The summed E-state index contributed by atoms with van der Waals surface area (Å²) in [5.41, 5.74) is 0. The number of piperidine rings is 1. The summed E-state index contributed by atoms with van der Waals surface area (Å²) in [5.74, 6) is 0. The van der Waals surface area contributed by atoms with E-state index in [9.17, 15) is 9.90 Å². The predicted molar refractivity (Wildman–Crippen MR) is 59.2 cm³/mol. The van der Waals surface area contributed by atoms with Crippen LogP contribution in [0.3, 0.4) is 0 Å². The molecule has 0 aliphatic carbocycles. The second kappa shape index (κ2) is 4.42. The third-order valence-electron chi connectivity index (χ3n) is 2.73. The largest absolute Gasteiger partial charge is 0.465 e. The maximum absolute atomic E-state index is 10.7. The number of amides is 1. The molecule has 2 N–H and O–H groups in total. The SMILES string of the molecule is O=C(O)N1CC[C@H](n2cc(Br)cn2)[C@@H](O)C1. The fraction of sp³-hybridized carbons (Fsp3) is 0.556. The molecule has 1 amide bonds. The molecule has 0 bridgehead atoms. The van der Waals surface area contributed by atoms with Crippen LogP contribution in [0.4, 0.5) is 4.79 Å². The molecule has 2 heterocycles. The summed E-state index contributed by atoms with van der Waals surface area (Å²) in [4.78, 5) is 12.0. The van der Waals surface area contributed by atoms with Crippen LogP contribution in [0.5, 0.6) is 0 Å². The lowest BCUT2D eigenvalue weighted by Crippen LogP contribution is -2.46. The molecule has 0 spiro atoms. The fourth-order valence-electron chi connectivity index (χ4n) is 1.90. The minimum atomic E-state index is -0.987. The first kappa shape index (κ1) is 11.4. The summed E-state index contributed by atoms with van der Waals surface area (Å²) < 4.78 is 2.52. The van der Waals surface area contributed by atoms with Crippen LogP contribution in [0, 0.1) is 0 Å². The Hall–Kier alpha value is -1.08. The number of aliphatic hydroxyl groups excluding tert-OH is 1. The Bertz CT molecular complexity index is 395. The lowest BCUT2D eigenvalue weighted by atomic mass is 10.0. The van der Waals surface area contributed by atoms with Crippen molar-refractivity contribution in [3.63, 3.8) is 0 Å². The number of nitrogens with zero attached hydrogens (tertiary/aromatic N) is 3. The fourth-order valence-corrected chi connectivity index (χ4v) is 2.20. The van der Waals surface area contributed by atoms with E-state index in [0.717, 1.165) is 4.47 Å². The molecule has 0 radical (unpaired) electrons. The number of halogens is 1. The molecule has 7 heteroatoms. The standard InChI is InChI=1S/C9H12BrN3O3/c10-6-3-11-13(4-6)7-1-2-12(9(15)16)5-8(7)14/h3-4,7-8,14H,1-2,5H2,(H,15,16)/t7-,8-/m0/s1. The molecule has 1 aromatic rings. The number of β-amino-alcohol motifs (C(OH)–C–C–N with tert-alkyl or cyclic N) is 1. The molecule has 6 nitrogen and oxygen atoms in total. The smallest absolute Gasteiger partial charge is 0.407 e. The van der Waals surface area contributed by atoms with Gasteiger partial charge in [0.2, 0.25) is 0 Å².